The minimum absolute atomic E-state index is 0.0324. The summed E-state index contributed by atoms with van der Waals surface area (Å²) in [4.78, 5) is 48.8. The zero-order valence-corrected chi connectivity index (χ0v) is 21.7. The number of hydroxylamine groups is 2. The smallest absolute Gasteiger partial charge is 0.327 e. The van der Waals surface area contributed by atoms with Crippen LogP contribution in [0, 0.1) is 8.99 Å². The fraction of sp³-hybridized carbons (Fsp3) is 0.625. The largest absolute Gasteiger partial charge is 0.458 e. The Labute approximate surface area is 221 Å². The van der Waals surface area contributed by atoms with E-state index in [2.05, 4.69) is 27.9 Å². The van der Waals surface area contributed by atoms with Crippen LogP contribution in [0.5, 0.6) is 0 Å². The molecule has 1 aliphatic carbocycles. The number of esters is 1. The highest BCUT2D eigenvalue weighted by Gasteiger charge is 2.75. The van der Waals surface area contributed by atoms with Gasteiger partial charge in [0.25, 0.3) is 0 Å². The average Bonchev–Trinajstić information content (AvgIpc) is 3.61. The lowest BCUT2D eigenvalue weighted by molar-refractivity contribution is -0.204. The molecule has 2 amide bonds. The van der Waals surface area contributed by atoms with Crippen molar-refractivity contribution < 1.29 is 38.5 Å². The number of carbonyl (C=O) groups excluding carboxylic acids is 3. The van der Waals surface area contributed by atoms with Gasteiger partial charge in [0.05, 0.1) is 13.2 Å². The number of ether oxygens (including phenoxy) is 3. The Bertz CT molecular complexity index is 1070. The van der Waals surface area contributed by atoms with Crippen molar-refractivity contribution >= 4 is 40.4 Å². The first-order valence-corrected chi connectivity index (χ1v) is 13.3. The monoisotopic (exact) mass is 613 g/mol. The molecule has 0 unspecified atom stereocenters. The van der Waals surface area contributed by atoms with E-state index in [0.29, 0.717) is 19.4 Å². The summed E-state index contributed by atoms with van der Waals surface area (Å²) in [5, 5.41) is 13.4. The Hall–Kier alpha value is -1.84. The fourth-order valence-electron chi connectivity index (χ4n) is 6.45. The molecule has 1 saturated carbocycles. The third-order valence-electron chi connectivity index (χ3n) is 7.98. The predicted molar refractivity (Wildman–Crippen MR) is 130 cm³/mol. The first kappa shape index (κ1) is 24.5. The topological polar surface area (TPSA) is 127 Å². The van der Waals surface area contributed by atoms with Crippen molar-refractivity contribution in [3.05, 3.63) is 33.4 Å². The molecule has 4 aliphatic heterocycles. The van der Waals surface area contributed by atoms with Crippen molar-refractivity contribution in [2.75, 3.05) is 26.5 Å². The van der Waals surface area contributed by atoms with Crippen LogP contribution in [0.1, 0.15) is 24.8 Å². The number of aliphatic hydroxyl groups excluding tert-OH is 1. The number of carbonyl (C=O) groups is 3. The maximum absolute atomic E-state index is 14.5. The van der Waals surface area contributed by atoms with Gasteiger partial charge in [-0.3, -0.25) is 19.2 Å². The van der Waals surface area contributed by atoms with Crippen molar-refractivity contribution in [1.82, 2.24) is 15.3 Å². The number of nitrogens with zero attached hydrogens (tertiary/aromatic N) is 2. The zero-order valence-electron chi connectivity index (χ0n) is 19.5. The van der Waals surface area contributed by atoms with E-state index in [1.54, 1.807) is 9.96 Å². The second-order valence-electron chi connectivity index (χ2n) is 9.87. The molecule has 7 atom stereocenters. The quantitative estimate of drug-likeness (QED) is 0.335. The molecule has 11 nitrogen and oxygen atoms in total. The Balaban J connectivity index is 1.38. The summed E-state index contributed by atoms with van der Waals surface area (Å²) in [5.41, 5.74) is -0.314. The third kappa shape index (κ3) is 3.68. The Kier molecular flexibility index (Phi) is 6.45. The van der Waals surface area contributed by atoms with Crippen LogP contribution in [0.25, 0.3) is 0 Å². The first-order valence-electron chi connectivity index (χ1n) is 12.3. The number of fused-ring (bicyclic) bond motifs is 4. The van der Waals surface area contributed by atoms with Gasteiger partial charge in [-0.1, -0.05) is 18.2 Å². The van der Waals surface area contributed by atoms with Crippen LogP contribution in [-0.2, 0) is 40.0 Å². The maximum Gasteiger partial charge on any atom is 0.327 e. The van der Waals surface area contributed by atoms with Gasteiger partial charge in [-0.05, 0) is 47.1 Å². The van der Waals surface area contributed by atoms with Gasteiger partial charge in [0.15, 0.2) is 6.04 Å². The number of amides is 2. The number of hydrogen-bond donors (Lipinski definition) is 2. The number of benzene rings is 1. The molecule has 5 fully saturated rings. The minimum atomic E-state index is -1.27. The van der Waals surface area contributed by atoms with E-state index in [4.69, 9.17) is 24.2 Å². The van der Waals surface area contributed by atoms with Gasteiger partial charge in [0, 0.05) is 23.1 Å². The van der Waals surface area contributed by atoms with Crippen LogP contribution in [-0.4, -0.2) is 95.8 Å². The minimum Gasteiger partial charge on any atom is -0.458 e. The van der Waals surface area contributed by atoms with Crippen LogP contribution >= 0.6 is 22.6 Å². The Morgan fingerprint density at radius 1 is 1.22 bits per heavy atom. The molecule has 0 spiro atoms. The number of halogens is 1. The fourth-order valence-corrected chi connectivity index (χ4v) is 7.01. The number of nitrogens with one attached hydrogen (secondary N) is 1. The molecule has 0 aromatic heterocycles. The lowest BCUT2D eigenvalue weighted by atomic mass is 9.62. The van der Waals surface area contributed by atoms with E-state index in [0.717, 1.165) is 9.13 Å². The summed E-state index contributed by atoms with van der Waals surface area (Å²) in [6.45, 7) is 0.649. The summed E-state index contributed by atoms with van der Waals surface area (Å²) >= 11 is 2.24. The predicted octanol–water partition coefficient (Wildman–Crippen LogP) is -0.0679. The van der Waals surface area contributed by atoms with Crippen LogP contribution in [0.3, 0.4) is 0 Å². The van der Waals surface area contributed by atoms with E-state index in [-0.39, 0.29) is 44.7 Å². The van der Waals surface area contributed by atoms with Gasteiger partial charge in [-0.2, -0.15) is 5.06 Å². The lowest BCUT2D eigenvalue weighted by Gasteiger charge is -2.50. The Morgan fingerprint density at radius 2 is 2.03 bits per heavy atom. The molecule has 4 heterocycles. The molecule has 36 heavy (non-hydrogen) atoms. The zero-order chi connectivity index (χ0) is 25.0. The second-order valence-corrected chi connectivity index (χ2v) is 11.0. The van der Waals surface area contributed by atoms with Crippen LogP contribution in [0.4, 0.5) is 0 Å². The van der Waals surface area contributed by atoms with Crippen LogP contribution in [0.2, 0.25) is 0 Å². The van der Waals surface area contributed by atoms with Crippen molar-refractivity contribution in [2.45, 2.75) is 62.3 Å². The highest BCUT2D eigenvalue weighted by molar-refractivity contribution is 14.1. The second kappa shape index (κ2) is 9.48. The van der Waals surface area contributed by atoms with E-state index >= 15 is 0 Å². The van der Waals surface area contributed by atoms with Crippen LogP contribution < -0.4 is 5.32 Å². The van der Waals surface area contributed by atoms with Gasteiger partial charge in [0.2, 0.25) is 11.8 Å². The van der Waals surface area contributed by atoms with E-state index in [1.165, 1.54) is 0 Å². The maximum atomic E-state index is 14.5. The van der Waals surface area contributed by atoms with E-state index in [9.17, 15) is 14.4 Å². The molecular formula is C24H28IN3O8. The third-order valence-corrected chi connectivity index (χ3v) is 9.03. The summed E-state index contributed by atoms with van der Waals surface area (Å²) in [5.74, 6) is -1.12. The molecule has 12 heteroatoms. The Morgan fingerprint density at radius 3 is 2.83 bits per heavy atom. The van der Waals surface area contributed by atoms with Gasteiger partial charge >= 0.3 is 5.97 Å². The number of aliphatic hydroxyl groups is 1. The standard InChI is InChI=1S/C24H28IN3O8/c25-14-5-2-1-4-13(14)11-28-19-22(31)35-16-10-24(19,20(36-28)18-17(16)33-12-34-18)23(32)27-8-3-6-15(27)21(30)26-7-9-29/h1-2,4-5,15-20,29H,3,6-12H2,(H,26,30)/t15-,16-,17+,18+,19+,20-,24+/m1/s1. The summed E-state index contributed by atoms with van der Waals surface area (Å²) in [6, 6.07) is 6.13. The van der Waals surface area contributed by atoms with Crippen molar-refractivity contribution in [3.63, 3.8) is 0 Å². The van der Waals surface area contributed by atoms with Crippen molar-refractivity contribution in [1.29, 1.82) is 0 Å². The number of likely N-dealkylation sites (tertiary alicyclic amines) is 1. The van der Waals surface area contributed by atoms with E-state index < -0.39 is 47.9 Å². The van der Waals surface area contributed by atoms with Crippen LogP contribution in [0.15, 0.2) is 24.3 Å². The molecule has 1 aromatic rings. The van der Waals surface area contributed by atoms with Gasteiger partial charge in [0.1, 0.15) is 42.7 Å². The number of rotatable bonds is 6. The molecule has 6 rings (SSSR count). The molecule has 194 valence electrons. The number of hydrogen-bond acceptors (Lipinski definition) is 9. The highest BCUT2D eigenvalue weighted by Crippen LogP contribution is 2.56. The molecular weight excluding hydrogens is 585 g/mol. The molecule has 2 N–H and O–H groups in total. The van der Waals surface area contributed by atoms with Crippen molar-refractivity contribution in [3.8, 4) is 0 Å². The lowest BCUT2D eigenvalue weighted by Crippen LogP contribution is -2.70. The van der Waals surface area contributed by atoms with E-state index in [1.807, 2.05) is 24.3 Å². The van der Waals surface area contributed by atoms with Gasteiger partial charge < -0.3 is 29.5 Å². The summed E-state index contributed by atoms with van der Waals surface area (Å²) in [7, 11) is 0. The van der Waals surface area contributed by atoms with Gasteiger partial charge in [-0.25, -0.2) is 0 Å². The van der Waals surface area contributed by atoms with Crippen molar-refractivity contribution in [2.24, 2.45) is 5.41 Å². The molecule has 0 radical (unpaired) electrons. The first-order chi connectivity index (χ1) is 17.5. The average molecular weight is 613 g/mol. The molecule has 1 aromatic carbocycles. The highest BCUT2D eigenvalue weighted by atomic mass is 127. The summed E-state index contributed by atoms with van der Waals surface area (Å²) < 4.78 is 18.5. The molecule has 5 aliphatic rings. The molecule has 4 saturated heterocycles. The SMILES string of the molecule is O=C(NCCO)[C@H]1CCCN1C(=O)[C@@]12C[C@H]3OC(=O)[C@@H]1N(Cc1ccccc1I)O[C@@H]2[C@H]1OCO[C@H]13. The van der Waals surface area contributed by atoms with Gasteiger partial charge in [-0.15, -0.1) is 0 Å². The summed E-state index contributed by atoms with van der Waals surface area (Å²) in [6.07, 6.45) is -1.06. The normalized spacial score (nSPS) is 37.1. The molecule has 2 bridgehead atoms.